The predicted octanol–water partition coefficient (Wildman–Crippen LogP) is 2.63. The topological polar surface area (TPSA) is 89.1 Å². The molecule has 2 amide bonds. The van der Waals surface area contributed by atoms with E-state index in [1.807, 2.05) is 18.2 Å². The molecule has 1 heterocycles. The fourth-order valence-corrected chi connectivity index (χ4v) is 5.73. The molecule has 0 spiro atoms. The Bertz CT molecular complexity index is 1090. The van der Waals surface area contributed by atoms with Gasteiger partial charge in [0.25, 0.3) is 0 Å². The molecule has 0 unspecified atom stereocenters. The van der Waals surface area contributed by atoms with Crippen molar-refractivity contribution in [1.29, 1.82) is 0 Å². The molecule has 1 fully saturated rings. The number of nitrogens with one attached hydrogen (secondary N) is 2. The third-order valence-corrected chi connectivity index (χ3v) is 8.47. The molecule has 8 nitrogen and oxygen atoms in total. The normalized spacial score (nSPS) is 19.4. The summed E-state index contributed by atoms with van der Waals surface area (Å²) < 4.78 is 17.0. The second-order valence-electron chi connectivity index (χ2n) is 10.7. The van der Waals surface area contributed by atoms with E-state index in [1.165, 1.54) is 26.9 Å². The molecular formula is C29H42Cl3N3O5. The highest BCUT2D eigenvalue weighted by atomic mass is 35.5. The number of benzene rings is 2. The van der Waals surface area contributed by atoms with Gasteiger partial charge in [0.15, 0.2) is 11.5 Å². The van der Waals surface area contributed by atoms with Gasteiger partial charge in [0, 0.05) is 12.1 Å². The lowest BCUT2D eigenvalue weighted by Crippen LogP contribution is -3.00. The van der Waals surface area contributed by atoms with E-state index in [-0.39, 0.29) is 37.0 Å². The van der Waals surface area contributed by atoms with Crippen LogP contribution in [-0.2, 0) is 6.42 Å². The van der Waals surface area contributed by atoms with E-state index < -0.39 is 0 Å². The monoisotopic (exact) mass is 617 g/mol. The van der Waals surface area contributed by atoms with Gasteiger partial charge in [-0.3, -0.25) is 0 Å². The number of halogens is 3. The summed E-state index contributed by atoms with van der Waals surface area (Å²) in [4.78, 5) is 13.1. The van der Waals surface area contributed by atoms with Gasteiger partial charge in [-0.2, -0.15) is 0 Å². The summed E-state index contributed by atoms with van der Waals surface area (Å²) in [6.07, 6.45) is 3.05. The second-order valence-corrected chi connectivity index (χ2v) is 11.5. The van der Waals surface area contributed by atoms with Crippen LogP contribution >= 0.6 is 23.2 Å². The van der Waals surface area contributed by atoms with Crippen LogP contribution in [0.2, 0.25) is 10.0 Å². The number of anilines is 1. The Morgan fingerprint density at radius 2 is 1.65 bits per heavy atom. The van der Waals surface area contributed by atoms with E-state index >= 15 is 0 Å². The van der Waals surface area contributed by atoms with Gasteiger partial charge >= 0.3 is 6.03 Å². The molecule has 1 aliphatic rings. The standard InChI is InChI=1S/C29H41Cl2N3O5.ClH/c1-19(2)25(33-29(36)32-22-16-26(37-3)28(39-5)27(17-22)38-4)18-34(12-13-35)10-8-20(9-11-34)14-21-6-7-23(30)24(31)15-21;/h6-7,15-17,19-20,25,35H,8-14,18H2,1-5H3,(H-,32,33,36);1H/t20?,25-,34?;/m1./s1. The highest BCUT2D eigenvalue weighted by Crippen LogP contribution is 2.40. The van der Waals surface area contributed by atoms with Crippen LogP contribution in [0.15, 0.2) is 30.3 Å². The van der Waals surface area contributed by atoms with Gasteiger partial charge in [-0.05, 0) is 48.8 Å². The zero-order valence-electron chi connectivity index (χ0n) is 23.9. The Kier molecular flexibility index (Phi) is 13.5. The van der Waals surface area contributed by atoms with Crippen molar-refractivity contribution in [3.63, 3.8) is 0 Å². The molecule has 40 heavy (non-hydrogen) atoms. The lowest BCUT2D eigenvalue weighted by molar-refractivity contribution is -0.935. The fraction of sp³-hybridized carbons (Fsp3) is 0.552. The minimum absolute atomic E-state index is 0. The summed E-state index contributed by atoms with van der Waals surface area (Å²) in [7, 11) is 4.61. The Morgan fingerprint density at radius 3 is 2.15 bits per heavy atom. The molecule has 0 radical (unpaired) electrons. The summed E-state index contributed by atoms with van der Waals surface area (Å²) in [5, 5.41) is 17.2. The number of aliphatic hydroxyl groups excluding tert-OH is 1. The van der Waals surface area contributed by atoms with Crippen molar-refractivity contribution >= 4 is 34.9 Å². The first-order valence-electron chi connectivity index (χ1n) is 13.4. The molecule has 2 aromatic carbocycles. The largest absolute Gasteiger partial charge is 1.00 e. The number of likely N-dealkylation sites (tertiary alicyclic amines) is 1. The van der Waals surface area contributed by atoms with E-state index in [0.29, 0.717) is 45.4 Å². The number of amides is 2. The van der Waals surface area contributed by atoms with Crippen LogP contribution in [0.1, 0.15) is 32.3 Å². The zero-order valence-corrected chi connectivity index (χ0v) is 26.2. The lowest BCUT2D eigenvalue weighted by atomic mass is 9.88. The Morgan fingerprint density at radius 1 is 1.02 bits per heavy atom. The number of carbonyl (C=O) groups is 1. The van der Waals surface area contributed by atoms with Crippen LogP contribution in [-0.4, -0.2) is 75.8 Å². The molecule has 3 N–H and O–H groups in total. The summed E-state index contributed by atoms with van der Waals surface area (Å²) in [5.74, 6) is 2.14. The molecule has 0 bridgehead atoms. The van der Waals surface area contributed by atoms with Crippen LogP contribution in [0.25, 0.3) is 0 Å². The smallest absolute Gasteiger partial charge is 0.319 e. The maximum Gasteiger partial charge on any atom is 0.319 e. The van der Waals surface area contributed by atoms with Crippen molar-refractivity contribution in [1.82, 2.24) is 5.32 Å². The van der Waals surface area contributed by atoms with Crippen LogP contribution in [0, 0.1) is 11.8 Å². The van der Waals surface area contributed by atoms with Gasteiger partial charge in [0.2, 0.25) is 5.75 Å². The van der Waals surface area contributed by atoms with Crippen molar-refractivity contribution in [3.05, 3.63) is 45.9 Å². The van der Waals surface area contributed by atoms with Crippen molar-refractivity contribution in [2.45, 2.75) is 39.2 Å². The number of hydrogen-bond acceptors (Lipinski definition) is 5. The van der Waals surface area contributed by atoms with Crippen LogP contribution < -0.4 is 37.3 Å². The lowest BCUT2D eigenvalue weighted by Gasteiger charge is -2.46. The number of aliphatic hydroxyl groups is 1. The number of carbonyl (C=O) groups excluding carboxylic acids is 1. The van der Waals surface area contributed by atoms with E-state index in [2.05, 4.69) is 24.5 Å². The number of quaternary nitrogens is 1. The van der Waals surface area contributed by atoms with E-state index in [4.69, 9.17) is 37.4 Å². The molecule has 3 rings (SSSR count). The Labute approximate surface area is 254 Å². The average molecular weight is 619 g/mol. The maximum absolute atomic E-state index is 13.1. The van der Waals surface area contributed by atoms with Crippen molar-refractivity contribution < 1.29 is 41.0 Å². The molecule has 224 valence electrons. The highest BCUT2D eigenvalue weighted by Gasteiger charge is 2.37. The van der Waals surface area contributed by atoms with E-state index in [9.17, 15) is 9.90 Å². The maximum atomic E-state index is 13.1. The minimum atomic E-state index is -0.306. The third kappa shape index (κ3) is 8.95. The number of nitrogens with zero attached hydrogens (tertiary/aromatic N) is 1. The quantitative estimate of drug-likeness (QED) is 0.319. The Hall–Kier alpha value is -2.10. The SMILES string of the molecule is COc1cc(NC(=O)N[C@H](C[N+]2(CCO)CCC(Cc3ccc(Cl)c(Cl)c3)CC2)C(C)C)cc(OC)c1OC.[Cl-]. The van der Waals surface area contributed by atoms with Gasteiger partial charge < -0.3 is 46.8 Å². The fourth-order valence-electron chi connectivity index (χ4n) is 5.41. The summed E-state index contributed by atoms with van der Waals surface area (Å²) in [5.41, 5.74) is 1.73. The van der Waals surface area contributed by atoms with Gasteiger partial charge in [-0.15, -0.1) is 0 Å². The third-order valence-electron chi connectivity index (χ3n) is 7.73. The molecule has 0 aromatic heterocycles. The van der Waals surface area contributed by atoms with Gasteiger partial charge in [0.1, 0.15) is 6.54 Å². The zero-order chi connectivity index (χ0) is 28.6. The number of urea groups is 1. The van der Waals surface area contributed by atoms with Crippen LogP contribution in [0.3, 0.4) is 0 Å². The summed E-state index contributed by atoms with van der Waals surface area (Å²) in [6.45, 7) is 7.64. The Balaban J connectivity index is 0.00000560. The average Bonchev–Trinajstić information content (AvgIpc) is 2.91. The van der Waals surface area contributed by atoms with E-state index in [0.717, 1.165) is 43.4 Å². The molecule has 2 aromatic rings. The molecule has 1 atom stereocenters. The molecule has 11 heteroatoms. The first-order chi connectivity index (χ1) is 18.6. The number of ether oxygens (including phenoxy) is 3. The molecule has 0 aliphatic carbocycles. The van der Waals surface area contributed by atoms with Gasteiger partial charge in [-0.1, -0.05) is 43.1 Å². The molecule has 1 saturated heterocycles. The van der Waals surface area contributed by atoms with Crippen LogP contribution in [0.5, 0.6) is 17.2 Å². The number of methoxy groups -OCH3 is 3. The number of hydrogen-bond donors (Lipinski definition) is 3. The molecule has 1 aliphatic heterocycles. The number of piperidine rings is 1. The minimum Gasteiger partial charge on any atom is -1.00 e. The molecular weight excluding hydrogens is 577 g/mol. The molecule has 0 saturated carbocycles. The van der Waals surface area contributed by atoms with Gasteiger partial charge in [0.05, 0.1) is 69.3 Å². The predicted molar refractivity (Wildman–Crippen MR) is 157 cm³/mol. The first kappa shape index (κ1) is 34.1. The van der Waals surface area contributed by atoms with E-state index in [1.54, 1.807) is 12.1 Å². The van der Waals surface area contributed by atoms with Crippen LogP contribution in [0.4, 0.5) is 10.5 Å². The summed E-state index contributed by atoms with van der Waals surface area (Å²) >= 11 is 12.3. The summed E-state index contributed by atoms with van der Waals surface area (Å²) in [6, 6.07) is 8.87. The second kappa shape index (κ2) is 15.8. The highest BCUT2D eigenvalue weighted by molar-refractivity contribution is 6.42. The van der Waals surface area contributed by atoms with Crippen molar-refractivity contribution in [3.8, 4) is 17.2 Å². The van der Waals surface area contributed by atoms with Gasteiger partial charge in [-0.25, -0.2) is 4.79 Å². The first-order valence-corrected chi connectivity index (χ1v) is 14.2. The number of rotatable bonds is 12. The van der Waals surface area contributed by atoms with Crippen molar-refractivity contribution in [2.75, 3.05) is 59.4 Å². The van der Waals surface area contributed by atoms with Crippen molar-refractivity contribution in [2.24, 2.45) is 11.8 Å².